The van der Waals surface area contributed by atoms with Crippen LogP contribution in [0.4, 0.5) is 0 Å². The highest BCUT2D eigenvalue weighted by molar-refractivity contribution is 7.80. The second-order valence-corrected chi connectivity index (χ2v) is 2.33. The highest BCUT2D eigenvalue weighted by atomic mass is 32.1. The molecule has 0 aromatic rings. The SMILES string of the molecule is NCC(=O)NCC(=O)NC(N)=S. The molecule has 0 aliphatic carbocycles. The van der Waals surface area contributed by atoms with E-state index in [1.807, 2.05) is 0 Å². The third-order valence-corrected chi connectivity index (χ3v) is 0.996. The molecule has 0 bridgehead atoms. The zero-order valence-corrected chi connectivity index (χ0v) is 7.11. The maximum absolute atomic E-state index is 10.7. The number of hydrogen-bond donors (Lipinski definition) is 4. The lowest BCUT2D eigenvalue weighted by Gasteiger charge is -2.03. The van der Waals surface area contributed by atoms with Crippen molar-refractivity contribution in [2.45, 2.75) is 0 Å². The predicted molar refractivity (Wildman–Crippen MR) is 47.0 cm³/mol. The van der Waals surface area contributed by atoms with E-state index in [0.717, 1.165) is 0 Å². The van der Waals surface area contributed by atoms with E-state index in [9.17, 15) is 9.59 Å². The molecule has 0 aromatic heterocycles. The Morgan fingerprint density at radius 3 is 2.33 bits per heavy atom. The van der Waals surface area contributed by atoms with Crippen LogP contribution in [0.25, 0.3) is 0 Å². The van der Waals surface area contributed by atoms with Crippen molar-refractivity contribution in [3.8, 4) is 0 Å². The van der Waals surface area contributed by atoms with Crippen molar-refractivity contribution < 1.29 is 9.59 Å². The normalized spacial score (nSPS) is 8.75. The fourth-order valence-electron chi connectivity index (χ4n) is 0.433. The second-order valence-electron chi connectivity index (χ2n) is 1.89. The number of nitrogens with one attached hydrogen (secondary N) is 2. The minimum absolute atomic E-state index is 0.123. The van der Waals surface area contributed by atoms with E-state index in [-0.39, 0.29) is 18.2 Å². The minimum atomic E-state index is -0.468. The fraction of sp³-hybridized carbons (Fsp3) is 0.400. The van der Waals surface area contributed by atoms with E-state index in [2.05, 4.69) is 22.9 Å². The number of rotatable bonds is 3. The quantitative estimate of drug-likeness (QED) is 0.365. The van der Waals surface area contributed by atoms with Crippen molar-refractivity contribution in [2.24, 2.45) is 11.5 Å². The van der Waals surface area contributed by atoms with Crippen LogP contribution >= 0.6 is 12.2 Å². The van der Waals surface area contributed by atoms with Crippen molar-refractivity contribution in [1.82, 2.24) is 10.6 Å². The van der Waals surface area contributed by atoms with Crippen molar-refractivity contribution >= 4 is 29.1 Å². The molecule has 0 fully saturated rings. The number of amides is 2. The van der Waals surface area contributed by atoms with Crippen LogP contribution in [-0.4, -0.2) is 30.0 Å². The van der Waals surface area contributed by atoms with Crippen LogP contribution in [0.3, 0.4) is 0 Å². The largest absolute Gasteiger partial charge is 0.376 e. The van der Waals surface area contributed by atoms with Gasteiger partial charge in [0.05, 0.1) is 13.1 Å². The molecule has 0 aliphatic heterocycles. The van der Waals surface area contributed by atoms with Crippen LogP contribution in [0.2, 0.25) is 0 Å². The highest BCUT2D eigenvalue weighted by Crippen LogP contribution is 1.65. The number of thiocarbonyl (C=S) groups is 1. The molecule has 0 aliphatic rings. The summed E-state index contributed by atoms with van der Waals surface area (Å²) in [5, 5.41) is 4.26. The molecule has 0 atom stereocenters. The van der Waals surface area contributed by atoms with E-state index in [1.165, 1.54) is 0 Å². The van der Waals surface area contributed by atoms with Gasteiger partial charge in [-0.05, 0) is 12.2 Å². The number of carbonyl (C=O) groups excluding carboxylic acids is 2. The van der Waals surface area contributed by atoms with Crippen LogP contribution in [-0.2, 0) is 9.59 Å². The smallest absolute Gasteiger partial charge is 0.245 e. The Labute approximate surface area is 74.7 Å². The van der Waals surface area contributed by atoms with Gasteiger partial charge in [-0.1, -0.05) is 0 Å². The molecule has 0 radical (unpaired) electrons. The molecule has 12 heavy (non-hydrogen) atoms. The van der Waals surface area contributed by atoms with Crippen LogP contribution in [0.15, 0.2) is 0 Å². The third kappa shape index (κ3) is 5.57. The van der Waals surface area contributed by atoms with Gasteiger partial charge < -0.3 is 22.1 Å². The van der Waals surface area contributed by atoms with Gasteiger partial charge in [-0.2, -0.15) is 0 Å². The molecule has 2 amide bonds. The molecule has 0 heterocycles. The lowest BCUT2D eigenvalue weighted by atomic mass is 10.5. The van der Waals surface area contributed by atoms with Gasteiger partial charge in [0.2, 0.25) is 11.8 Å². The lowest BCUT2D eigenvalue weighted by Crippen LogP contribution is -2.43. The summed E-state index contributed by atoms with van der Waals surface area (Å²) in [6, 6.07) is 0. The van der Waals surface area contributed by atoms with Gasteiger partial charge in [0.15, 0.2) is 5.11 Å². The zero-order chi connectivity index (χ0) is 9.56. The molecule has 6 N–H and O–H groups in total. The van der Waals surface area contributed by atoms with Crippen LogP contribution in [0, 0.1) is 0 Å². The second kappa shape index (κ2) is 5.44. The van der Waals surface area contributed by atoms with E-state index < -0.39 is 11.8 Å². The Balaban J connectivity index is 3.57. The highest BCUT2D eigenvalue weighted by Gasteiger charge is 2.03. The van der Waals surface area contributed by atoms with Crippen LogP contribution in [0.5, 0.6) is 0 Å². The Hall–Kier alpha value is -1.21. The summed E-state index contributed by atoms with van der Waals surface area (Å²) in [5.74, 6) is -0.877. The van der Waals surface area contributed by atoms with Gasteiger partial charge in [-0.25, -0.2) is 0 Å². The molecule has 0 rings (SSSR count). The molecule has 0 saturated heterocycles. The van der Waals surface area contributed by atoms with Gasteiger partial charge >= 0.3 is 0 Å². The summed E-state index contributed by atoms with van der Waals surface area (Å²) in [6.07, 6.45) is 0. The maximum atomic E-state index is 10.7. The van der Waals surface area contributed by atoms with Crippen molar-refractivity contribution in [3.63, 3.8) is 0 Å². The first-order chi connectivity index (χ1) is 5.56. The summed E-state index contributed by atoms with van der Waals surface area (Å²) in [5.41, 5.74) is 9.96. The maximum Gasteiger partial charge on any atom is 0.245 e. The van der Waals surface area contributed by atoms with Crippen LogP contribution < -0.4 is 22.1 Å². The monoisotopic (exact) mass is 190 g/mol. The molecular weight excluding hydrogens is 180 g/mol. The minimum Gasteiger partial charge on any atom is -0.376 e. The van der Waals surface area contributed by atoms with Gasteiger partial charge in [-0.3, -0.25) is 9.59 Å². The third-order valence-electron chi connectivity index (χ3n) is 0.894. The van der Waals surface area contributed by atoms with E-state index in [4.69, 9.17) is 11.5 Å². The average molecular weight is 190 g/mol. The molecule has 0 unspecified atom stereocenters. The summed E-state index contributed by atoms with van der Waals surface area (Å²) in [7, 11) is 0. The van der Waals surface area contributed by atoms with Gasteiger partial charge in [0, 0.05) is 0 Å². The van der Waals surface area contributed by atoms with Crippen molar-refractivity contribution in [1.29, 1.82) is 0 Å². The van der Waals surface area contributed by atoms with Gasteiger partial charge in [0.25, 0.3) is 0 Å². The Morgan fingerprint density at radius 1 is 1.33 bits per heavy atom. The standard InChI is InChI=1S/C5H10N4O2S/c6-1-3(10)8-2-4(11)9-5(7)12/h1-2,6H2,(H,8,10)(H3,7,9,11,12). The summed E-state index contributed by atoms with van der Waals surface area (Å²) in [6.45, 7) is -0.326. The van der Waals surface area contributed by atoms with Gasteiger partial charge in [-0.15, -0.1) is 0 Å². The Bertz CT molecular complexity index is 206. The van der Waals surface area contributed by atoms with E-state index in [0.29, 0.717) is 0 Å². The molecule has 0 aromatic carbocycles. The summed E-state index contributed by atoms with van der Waals surface area (Å²) in [4.78, 5) is 21.3. The molecule has 7 heteroatoms. The average Bonchev–Trinajstić information content (AvgIpc) is 1.99. The number of carbonyl (C=O) groups is 2. The Morgan fingerprint density at radius 2 is 1.92 bits per heavy atom. The molecular formula is C5H10N4O2S. The summed E-state index contributed by atoms with van der Waals surface area (Å²) < 4.78 is 0. The zero-order valence-electron chi connectivity index (χ0n) is 6.29. The number of hydrogen-bond acceptors (Lipinski definition) is 4. The Kier molecular flexibility index (Phi) is 4.89. The topological polar surface area (TPSA) is 110 Å². The first-order valence-electron chi connectivity index (χ1n) is 3.12. The molecule has 0 saturated carbocycles. The summed E-state index contributed by atoms with van der Waals surface area (Å²) >= 11 is 4.39. The van der Waals surface area contributed by atoms with E-state index >= 15 is 0 Å². The molecule has 6 nitrogen and oxygen atoms in total. The van der Waals surface area contributed by atoms with Crippen molar-refractivity contribution in [2.75, 3.05) is 13.1 Å². The van der Waals surface area contributed by atoms with E-state index in [1.54, 1.807) is 0 Å². The van der Waals surface area contributed by atoms with Crippen molar-refractivity contribution in [3.05, 3.63) is 0 Å². The molecule has 68 valence electrons. The molecule has 0 spiro atoms. The van der Waals surface area contributed by atoms with Gasteiger partial charge in [0.1, 0.15) is 0 Å². The predicted octanol–water partition coefficient (Wildman–Crippen LogP) is -2.58. The first-order valence-corrected chi connectivity index (χ1v) is 3.53. The van der Waals surface area contributed by atoms with Crippen LogP contribution in [0.1, 0.15) is 0 Å². The first kappa shape index (κ1) is 10.8. The lowest BCUT2D eigenvalue weighted by molar-refractivity contribution is -0.124. The fourth-order valence-corrected chi connectivity index (χ4v) is 0.546. The number of nitrogens with two attached hydrogens (primary N) is 2.